The molecule has 204 valence electrons. The van der Waals surface area contributed by atoms with E-state index < -0.39 is 23.6 Å². The normalized spacial score (nSPS) is 17.5. The monoisotopic (exact) mass is 533 g/mol. The van der Waals surface area contributed by atoms with Crippen molar-refractivity contribution in [1.82, 2.24) is 4.98 Å². The summed E-state index contributed by atoms with van der Waals surface area (Å²) in [6.07, 6.45) is -0.319. The van der Waals surface area contributed by atoms with Crippen molar-refractivity contribution in [3.8, 4) is 11.6 Å². The van der Waals surface area contributed by atoms with Crippen LogP contribution in [0.3, 0.4) is 0 Å². The van der Waals surface area contributed by atoms with Crippen LogP contribution in [0.5, 0.6) is 11.6 Å². The number of benzene rings is 1. The van der Waals surface area contributed by atoms with Gasteiger partial charge >= 0.3 is 12.1 Å². The minimum Gasteiger partial charge on any atom is -0.465 e. The molecule has 2 aromatic rings. The molecule has 1 aromatic heterocycles. The Balaban J connectivity index is 2.00. The second kappa shape index (κ2) is 12.2. The van der Waals surface area contributed by atoms with Crippen LogP contribution in [0.25, 0.3) is 10.4 Å². The summed E-state index contributed by atoms with van der Waals surface area (Å²) in [6, 6.07) is 4.58. The van der Waals surface area contributed by atoms with Crippen LogP contribution in [0.1, 0.15) is 67.9 Å². The lowest BCUT2D eigenvalue weighted by molar-refractivity contribution is -0.139. The lowest BCUT2D eigenvalue weighted by atomic mass is 9.82. The molecule has 9 nitrogen and oxygen atoms in total. The summed E-state index contributed by atoms with van der Waals surface area (Å²) in [7, 11) is 1.18. The number of carbonyl (C=O) groups is 2. The van der Waals surface area contributed by atoms with Gasteiger partial charge in [-0.3, -0.25) is 4.79 Å². The molecule has 1 fully saturated rings. The number of anilines is 1. The fourth-order valence-corrected chi connectivity index (χ4v) is 4.51. The van der Waals surface area contributed by atoms with Gasteiger partial charge in [0.25, 0.3) is 0 Å². The molecule has 0 saturated heterocycles. The van der Waals surface area contributed by atoms with Gasteiger partial charge in [-0.15, -0.1) is 0 Å². The zero-order valence-corrected chi connectivity index (χ0v) is 21.7. The first-order valence-corrected chi connectivity index (χ1v) is 12.3. The van der Waals surface area contributed by atoms with Gasteiger partial charge in [0.05, 0.1) is 24.9 Å². The van der Waals surface area contributed by atoms with Crippen molar-refractivity contribution < 1.29 is 32.2 Å². The van der Waals surface area contributed by atoms with E-state index in [-0.39, 0.29) is 47.0 Å². The van der Waals surface area contributed by atoms with E-state index in [1.165, 1.54) is 25.3 Å². The molecule has 1 aliphatic carbocycles. The Hall–Kier alpha value is -3.79. The van der Waals surface area contributed by atoms with Crippen LogP contribution in [0.15, 0.2) is 35.6 Å². The highest BCUT2D eigenvalue weighted by molar-refractivity contribution is 6.04. The zero-order valence-electron chi connectivity index (χ0n) is 21.7. The molecule has 1 aliphatic rings. The summed E-state index contributed by atoms with van der Waals surface area (Å²) in [5, 5.41) is 3.26. The van der Waals surface area contributed by atoms with Gasteiger partial charge < -0.3 is 14.4 Å². The highest BCUT2D eigenvalue weighted by Gasteiger charge is 2.36. The lowest BCUT2D eigenvalue weighted by Crippen LogP contribution is -2.43. The standard InChI is InChI=1S/C26H30F3N5O4/c1-15(2)34(24(35)18-7-5-16(3)6-8-18)22-10-9-19(12-20(22)25(36)37-4)38-23-21(26(27,28)29)11-17(13-31-23)14-32-33-30/h9-13,15-16,18H,5-8,14H2,1-4H3/t16-,18-. The number of carbonyl (C=O) groups excluding carboxylic acids is 2. The second-order valence-corrected chi connectivity index (χ2v) is 9.61. The molecule has 3 rings (SSSR count). The molecule has 0 radical (unpaired) electrons. The first-order chi connectivity index (χ1) is 18.0. The predicted molar refractivity (Wildman–Crippen MR) is 134 cm³/mol. The van der Waals surface area contributed by atoms with Crippen molar-refractivity contribution in [3.05, 3.63) is 57.6 Å². The van der Waals surface area contributed by atoms with Crippen molar-refractivity contribution in [3.63, 3.8) is 0 Å². The number of halogens is 3. The molecule has 0 spiro atoms. The maximum absolute atomic E-state index is 13.7. The Bertz CT molecular complexity index is 1220. The van der Waals surface area contributed by atoms with Gasteiger partial charge in [-0.2, -0.15) is 13.2 Å². The number of hydrogen-bond donors (Lipinski definition) is 0. The van der Waals surface area contributed by atoms with Crippen LogP contribution in [0, 0.1) is 11.8 Å². The molecular weight excluding hydrogens is 503 g/mol. The number of amides is 1. The van der Waals surface area contributed by atoms with Crippen LogP contribution in [0.2, 0.25) is 0 Å². The molecule has 0 unspecified atom stereocenters. The molecule has 1 amide bonds. The van der Waals surface area contributed by atoms with Gasteiger partial charge in [0, 0.05) is 23.1 Å². The summed E-state index contributed by atoms with van der Waals surface area (Å²) in [4.78, 5) is 34.1. The molecule has 0 atom stereocenters. The largest absolute Gasteiger partial charge is 0.465 e. The van der Waals surface area contributed by atoms with Crippen LogP contribution < -0.4 is 9.64 Å². The number of esters is 1. The van der Waals surface area contributed by atoms with Crippen molar-refractivity contribution in [1.29, 1.82) is 0 Å². The van der Waals surface area contributed by atoms with Crippen LogP contribution in [-0.4, -0.2) is 30.0 Å². The third-order valence-electron chi connectivity index (χ3n) is 6.50. The number of rotatable bonds is 8. The molecule has 12 heteroatoms. The van der Waals surface area contributed by atoms with Gasteiger partial charge in [-0.25, -0.2) is 9.78 Å². The van der Waals surface area contributed by atoms with Gasteiger partial charge in [0.2, 0.25) is 11.8 Å². The fourth-order valence-electron chi connectivity index (χ4n) is 4.51. The maximum Gasteiger partial charge on any atom is 0.421 e. The van der Waals surface area contributed by atoms with E-state index in [0.29, 0.717) is 5.92 Å². The Morgan fingerprint density at radius 1 is 1.21 bits per heavy atom. The first-order valence-electron chi connectivity index (χ1n) is 12.3. The molecule has 1 aromatic carbocycles. The number of hydrogen-bond acceptors (Lipinski definition) is 6. The third-order valence-corrected chi connectivity index (χ3v) is 6.50. The number of azide groups is 1. The number of nitrogens with zero attached hydrogens (tertiary/aromatic N) is 5. The molecule has 0 N–H and O–H groups in total. The minimum atomic E-state index is -4.81. The van der Waals surface area contributed by atoms with E-state index >= 15 is 0 Å². The Morgan fingerprint density at radius 3 is 2.47 bits per heavy atom. The molecule has 0 aliphatic heterocycles. The van der Waals surface area contributed by atoms with Crippen LogP contribution >= 0.6 is 0 Å². The smallest absolute Gasteiger partial charge is 0.421 e. The van der Waals surface area contributed by atoms with Crippen molar-refractivity contribution >= 4 is 17.6 Å². The van der Waals surface area contributed by atoms with Crippen LogP contribution in [-0.2, 0) is 22.3 Å². The van der Waals surface area contributed by atoms with E-state index in [2.05, 4.69) is 21.9 Å². The Morgan fingerprint density at radius 2 is 1.89 bits per heavy atom. The average molecular weight is 534 g/mol. The number of ether oxygens (including phenoxy) is 2. The van der Waals surface area contributed by atoms with Crippen molar-refractivity contribution in [2.75, 3.05) is 12.0 Å². The predicted octanol–water partition coefficient (Wildman–Crippen LogP) is 7.06. The van der Waals surface area contributed by atoms with Gasteiger partial charge in [0.15, 0.2) is 0 Å². The van der Waals surface area contributed by atoms with Gasteiger partial charge in [0.1, 0.15) is 11.3 Å². The summed E-state index contributed by atoms with van der Waals surface area (Å²) in [6.45, 7) is 5.49. The highest BCUT2D eigenvalue weighted by atomic mass is 19.4. The van der Waals surface area contributed by atoms with Gasteiger partial charge in [-0.1, -0.05) is 12.0 Å². The summed E-state index contributed by atoms with van der Waals surface area (Å²) < 4.78 is 51.6. The lowest BCUT2D eigenvalue weighted by Gasteiger charge is -2.34. The Labute approximate surface area is 218 Å². The van der Waals surface area contributed by atoms with E-state index in [1.807, 2.05) is 13.8 Å². The van der Waals surface area contributed by atoms with Crippen molar-refractivity contribution in [2.45, 2.75) is 65.2 Å². The summed E-state index contributed by atoms with van der Waals surface area (Å²) in [5.74, 6) is -1.34. The molecule has 1 saturated carbocycles. The van der Waals surface area contributed by atoms with E-state index in [4.69, 9.17) is 15.0 Å². The number of alkyl halides is 3. The molecular formula is C26H30F3N5O4. The molecule has 38 heavy (non-hydrogen) atoms. The van der Waals surface area contributed by atoms with Crippen LogP contribution in [0.4, 0.5) is 18.9 Å². The number of pyridine rings is 1. The number of aromatic nitrogens is 1. The fraction of sp³-hybridized carbons (Fsp3) is 0.500. The minimum absolute atomic E-state index is 0.0234. The second-order valence-electron chi connectivity index (χ2n) is 9.61. The summed E-state index contributed by atoms with van der Waals surface area (Å²) in [5.41, 5.74) is 7.59. The highest BCUT2D eigenvalue weighted by Crippen LogP contribution is 2.39. The van der Waals surface area contributed by atoms with E-state index in [0.717, 1.165) is 37.9 Å². The maximum atomic E-state index is 13.7. The third kappa shape index (κ3) is 6.74. The topological polar surface area (TPSA) is 117 Å². The first kappa shape index (κ1) is 28.8. The molecule has 0 bridgehead atoms. The quantitative estimate of drug-likeness (QED) is 0.156. The summed E-state index contributed by atoms with van der Waals surface area (Å²) >= 11 is 0. The number of methoxy groups -OCH3 is 1. The van der Waals surface area contributed by atoms with E-state index in [9.17, 15) is 22.8 Å². The SMILES string of the molecule is COC(=O)c1cc(Oc2ncc(CN=[N+]=[N-])cc2C(F)(F)F)ccc1N(C(=O)[C@H]1CC[C@H](C)CC1)C(C)C. The van der Waals surface area contributed by atoms with Gasteiger partial charge in [-0.05, 0) is 80.8 Å². The van der Waals surface area contributed by atoms with Crippen molar-refractivity contribution in [2.24, 2.45) is 17.0 Å². The van der Waals surface area contributed by atoms with E-state index in [1.54, 1.807) is 4.90 Å². The zero-order chi connectivity index (χ0) is 28.0. The average Bonchev–Trinajstić information content (AvgIpc) is 2.88. The molecule has 1 heterocycles. The Kier molecular flexibility index (Phi) is 9.22.